The monoisotopic (exact) mass is 146 g/mol. The van der Waals surface area contributed by atoms with Crippen molar-refractivity contribution in [3.05, 3.63) is 17.9 Å². The van der Waals surface area contributed by atoms with Gasteiger partial charge in [0.05, 0.1) is 0 Å². The summed E-state index contributed by atoms with van der Waals surface area (Å²) in [6, 6.07) is 0. The maximum atomic E-state index is 11.3. The van der Waals surface area contributed by atoms with Crippen molar-refractivity contribution < 1.29 is 8.78 Å². The summed E-state index contributed by atoms with van der Waals surface area (Å²) in [6.07, 6.45) is 3.59. The van der Waals surface area contributed by atoms with Gasteiger partial charge in [0, 0.05) is 0 Å². The number of halogens is 2. The summed E-state index contributed by atoms with van der Waals surface area (Å²) >= 11 is 0. The summed E-state index contributed by atoms with van der Waals surface area (Å²) in [5.74, 6) is 0. The van der Waals surface area contributed by atoms with Gasteiger partial charge in [0.25, 0.3) is 0 Å². The number of hydrogen-bond acceptors (Lipinski definition) is 0. The lowest BCUT2D eigenvalue weighted by atomic mass is 10.2. The van der Waals surface area contributed by atoms with E-state index in [9.17, 15) is 8.78 Å². The molecule has 0 heterocycles. The van der Waals surface area contributed by atoms with E-state index in [0.29, 0.717) is 6.42 Å². The van der Waals surface area contributed by atoms with Gasteiger partial charge in [-0.2, -0.15) is 8.78 Å². The number of allylic oxidation sites excluding steroid dienone is 1. The molecule has 0 aromatic carbocycles. The normalized spacial score (nSPS) is 8.70. The fourth-order valence-electron chi connectivity index (χ4n) is 0.646. The van der Waals surface area contributed by atoms with Crippen LogP contribution in [0.4, 0.5) is 8.78 Å². The van der Waals surface area contributed by atoms with Crippen LogP contribution in [0, 0.1) is 0 Å². The van der Waals surface area contributed by atoms with E-state index in [1.165, 1.54) is 6.08 Å². The summed E-state index contributed by atoms with van der Waals surface area (Å²) in [5.41, 5.74) is 1.86. The highest BCUT2D eigenvalue weighted by Gasteiger charge is 1.82. The minimum Gasteiger partial charge on any atom is -0.164 e. The summed E-state index contributed by atoms with van der Waals surface area (Å²) in [6.45, 7) is 2.08. The third-order valence-electron chi connectivity index (χ3n) is 1.16. The summed E-state index contributed by atoms with van der Waals surface area (Å²) in [4.78, 5) is 0. The van der Waals surface area contributed by atoms with Gasteiger partial charge in [-0.1, -0.05) is 25.5 Å². The quantitative estimate of drug-likeness (QED) is 0.420. The molecule has 0 unspecified atom stereocenters. The molecule has 0 nitrogen and oxygen atoms in total. The molecule has 0 radical (unpaired) electrons. The van der Waals surface area contributed by atoms with Gasteiger partial charge >= 0.3 is 6.08 Å². The Bertz CT molecular complexity index is 128. The zero-order valence-electron chi connectivity index (χ0n) is 6.16. The molecular weight excluding hydrogens is 134 g/mol. The van der Waals surface area contributed by atoms with E-state index in [1.54, 1.807) is 0 Å². The molecule has 0 spiro atoms. The van der Waals surface area contributed by atoms with E-state index in [4.69, 9.17) is 0 Å². The van der Waals surface area contributed by atoms with Gasteiger partial charge in [-0.05, 0) is 18.9 Å². The molecule has 58 valence electrons. The van der Waals surface area contributed by atoms with Crippen molar-refractivity contribution in [1.82, 2.24) is 0 Å². The Hall–Kier alpha value is -0.620. The van der Waals surface area contributed by atoms with Crippen LogP contribution in [0.3, 0.4) is 0 Å². The van der Waals surface area contributed by atoms with Crippen molar-refractivity contribution in [3.63, 3.8) is 0 Å². The van der Waals surface area contributed by atoms with Crippen LogP contribution in [-0.4, -0.2) is 0 Å². The van der Waals surface area contributed by atoms with Gasteiger partial charge in [-0.25, -0.2) is 0 Å². The Morgan fingerprint density at radius 3 is 2.60 bits per heavy atom. The molecule has 2 heteroatoms. The van der Waals surface area contributed by atoms with Gasteiger partial charge in [0.2, 0.25) is 0 Å². The van der Waals surface area contributed by atoms with E-state index < -0.39 is 6.08 Å². The van der Waals surface area contributed by atoms with Crippen LogP contribution in [0.15, 0.2) is 17.9 Å². The van der Waals surface area contributed by atoms with Crippen LogP contribution >= 0.6 is 0 Å². The molecule has 0 atom stereocenters. The highest BCUT2D eigenvalue weighted by Crippen LogP contribution is 2.00. The van der Waals surface area contributed by atoms with Crippen molar-refractivity contribution in [1.29, 1.82) is 0 Å². The Kier molecular flexibility index (Phi) is 6.10. The van der Waals surface area contributed by atoms with E-state index in [2.05, 4.69) is 6.92 Å². The molecule has 0 bridgehead atoms. The smallest absolute Gasteiger partial charge is 0.164 e. The van der Waals surface area contributed by atoms with Gasteiger partial charge in [-0.3, -0.25) is 0 Å². The Morgan fingerprint density at radius 1 is 1.40 bits per heavy atom. The Labute approximate surface area is 60.2 Å². The van der Waals surface area contributed by atoms with Crippen LogP contribution in [0.5, 0.6) is 0 Å². The zero-order valence-corrected chi connectivity index (χ0v) is 6.16. The first-order chi connectivity index (χ1) is 4.77. The van der Waals surface area contributed by atoms with Gasteiger partial charge in [0.1, 0.15) is 0 Å². The molecule has 0 aliphatic carbocycles. The topological polar surface area (TPSA) is 0 Å². The molecule has 0 aromatic heterocycles. The van der Waals surface area contributed by atoms with Crippen molar-refractivity contribution in [2.24, 2.45) is 0 Å². The predicted molar refractivity (Wildman–Crippen MR) is 38.0 cm³/mol. The fraction of sp³-hybridized carbons (Fsp3) is 0.625. The van der Waals surface area contributed by atoms with E-state index >= 15 is 0 Å². The van der Waals surface area contributed by atoms with Crippen molar-refractivity contribution in [3.8, 4) is 0 Å². The van der Waals surface area contributed by atoms with Gasteiger partial charge in [0.15, 0.2) is 0 Å². The van der Waals surface area contributed by atoms with Crippen LogP contribution in [0.2, 0.25) is 0 Å². The Morgan fingerprint density at radius 2 is 2.10 bits per heavy atom. The minimum absolute atomic E-state index is 0.713. The largest absolute Gasteiger partial charge is 0.312 e. The first kappa shape index (κ1) is 9.38. The average molecular weight is 146 g/mol. The lowest BCUT2D eigenvalue weighted by molar-refractivity contribution is 0.423. The first-order valence-electron chi connectivity index (χ1n) is 3.53. The fourth-order valence-corrected chi connectivity index (χ4v) is 0.646. The number of unbranched alkanes of at least 4 members (excludes halogenated alkanes) is 3. The maximum absolute atomic E-state index is 11.3. The molecule has 0 aliphatic heterocycles. The Balaban J connectivity index is 3.27. The first-order valence-corrected chi connectivity index (χ1v) is 3.53. The van der Waals surface area contributed by atoms with Crippen molar-refractivity contribution in [2.45, 2.75) is 32.6 Å². The SMILES string of the molecule is CCCCCC=C=C(F)F. The molecule has 10 heavy (non-hydrogen) atoms. The lowest BCUT2D eigenvalue weighted by Crippen LogP contribution is -1.68. The van der Waals surface area contributed by atoms with E-state index in [0.717, 1.165) is 19.3 Å². The van der Waals surface area contributed by atoms with E-state index in [1.807, 2.05) is 5.73 Å². The van der Waals surface area contributed by atoms with Crippen LogP contribution < -0.4 is 0 Å². The molecule has 0 rings (SSSR count). The number of hydrogen-bond donors (Lipinski definition) is 0. The molecule has 0 N–H and O–H groups in total. The van der Waals surface area contributed by atoms with Crippen molar-refractivity contribution >= 4 is 0 Å². The molecule has 0 saturated heterocycles. The second kappa shape index (κ2) is 6.50. The van der Waals surface area contributed by atoms with E-state index in [-0.39, 0.29) is 0 Å². The van der Waals surface area contributed by atoms with Crippen molar-refractivity contribution in [2.75, 3.05) is 0 Å². The molecule has 0 aliphatic rings. The van der Waals surface area contributed by atoms with Gasteiger partial charge < -0.3 is 0 Å². The van der Waals surface area contributed by atoms with Crippen LogP contribution in [0.25, 0.3) is 0 Å². The molecule has 0 saturated carbocycles. The van der Waals surface area contributed by atoms with Crippen LogP contribution in [0.1, 0.15) is 32.6 Å². The maximum Gasteiger partial charge on any atom is 0.312 e. The van der Waals surface area contributed by atoms with Crippen LogP contribution in [-0.2, 0) is 0 Å². The summed E-state index contributed by atoms with van der Waals surface area (Å²) in [5, 5.41) is 0. The highest BCUT2D eigenvalue weighted by molar-refractivity contribution is 4.83. The molecular formula is C8H12F2. The number of rotatable bonds is 4. The third-order valence-corrected chi connectivity index (χ3v) is 1.16. The second-order valence-electron chi connectivity index (χ2n) is 2.10. The lowest BCUT2D eigenvalue weighted by Gasteiger charge is -1.87. The second-order valence-corrected chi connectivity index (χ2v) is 2.10. The highest BCUT2D eigenvalue weighted by atomic mass is 19.3. The zero-order chi connectivity index (χ0) is 7.82. The summed E-state index contributed by atoms with van der Waals surface area (Å²) < 4.78 is 22.6. The third kappa shape index (κ3) is 7.38. The summed E-state index contributed by atoms with van der Waals surface area (Å²) in [7, 11) is 0. The minimum atomic E-state index is -1.73. The molecule has 0 amide bonds. The standard InChI is InChI=1S/C8H12F2/c1-2-3-4-5-6-7-8(9)10/h6H,2-5H2,1H3. The molecule has 0 fully saturated rings. The predicted octanol–water partition coefficient (Wildman–Crippen LogP) is 3.50. The van der Waals surface area contributed by atoms with Gasteiger partial charge in [-0.15, -0.1) is 0 Å². The molecule has 0 aromatic rings. The average Bonchev–Trinajstić information content (AvgIpc) is 1.87.